The molecule has 0 N–H and O–H groups in total. The fourth-order valence-corrected chi connectivity index (χ4v) is 2.51. The molecule has 2 aliphatic rings. The Morgan fingerprint density at radius 1 is 1.29 bits per heavy atom. The number of nitrogens with zero attached hydrogens (tertiary/aromatic N) is 1. The smallest absolute Gasteiger partial charge is 0.167 e. The van der Waals surface area contributed by atoms with E-state index in [9.17, 15) is 4.79 Å². The van der Waals surface area contributed by atoms with Crippen LogP contribution in [0.1, 0.15) is 36.0 Å². The third-order valence-corrected chi connectivity index (χ3v) is 3.79. The quantitative estimate of drug-likeness (QED) is 0.748. The van der Waals surface area contributed by atoms with Gasteiger partial charge in [-0.3, -0.25) is 4.79 Å². The van der Waals surface area contributed by atoms with Crippen molar-refractivity contribution in [1.82, 2.24) is 4.57 Å². The first-order valence-corrected chi connectivity index (χ1v) is 6.60. The first kappa shape index (κ1) is 11.0. The molecule has 2 heterocycles. The van der Waals surface area contributed by atoms with E-state index in [1.807, 2.05) is 18.5 Å². The molecule has 0 aromatic carbocycles. The third kappa shape index (κ3) is 2.60. The lowest BCUT2D eigenvalue weighted by Gasteiger charge is -2.22. The third-order valence-electron chi connectivity index (χ3n) is 3.79. The summed E-state index contributed by atoms with van der Waals surface area (Å²) in [6, 6.07) is 1.97. The predicted molar refractivity (Wildman–Crippen MR) is 65.0 cm³/mol. The van der Waals surface area contributed by atoms with Crippen molar-refractivity contribution in [2.45, 2.75) is 32.2 Å². The molecule has 1 saturated heterocycles. The fraction of sp³-hybridized carbons (Fsp3) is 0.643. The van der Waals surface area contributed by atoms with Crippen LogP contribution in [0.4, 0.5) is 0 Å². The normalized spacial score (nSPS) is 21.6. The summed E-state index contributed by atoms with van der Waals surface area (Å²) in [5.41, 5.74) is 0.902. The first-order valence-electron chi connectivity index (χ1n) is 6.60. The van der Waals surface area contributed by atoms with Crippen molar-refractivity contribution in [2.75, 3.05) is 13.2 Å². The second kappa shape index (κ2) is 4.65. The van der Waals surface area contributed by atoms with Gasteiger partial charge >= 0.3 is 0 Å². The number of carbonyl (C=O) groups excluding carboxylic acids is 1. The van der Waals surface area contributed by atoms with Crippen LogP contribution in [0, 0.1) is 11.8 Å². The van der Waals surface area contributed by atoms with Gasteiger partial charge in [-0.25, -0.2) is 0 Å². The van der Waals surface area contributed by atoms with E-state index < -0.39 is 0 Å². The number of ketones is 1. The molecule has 3 rings (SSSR count). The van der Waals surface area contributed by atoms with Crippen molar-refractivity contribution in [2.24, 2.45) is 11.8 Å². The lowest BCUT2D eigenvalue weighted by Crippen LogP contribution is -2.19. The van der Waals surface area contributed by atoms with Crippen LogP contribution in [0.5, 0.6) is 0 Å². The van der Waals surface area contributed by atoms with Crippen LogP contribution in [-0.2, 0) is 11.3 Å². The number of ether oxygens (including phenoxy) is 1. The van der Waals surface area contributed by atoms with Gasteiger partial charge in [-0.1, -0.05) is 0 Å². The highest BCUT2D eigenvalue weighted by Crippen LogP contribution is 2.32. The average Bonchev–Trinajstić information content (AvgIpc) is 3.11. The summed E-state index contributed by atoms with van der Waals surface area (Å²) in [5, 5.41) is 0. The highest BCUT2D eigenvalue weighted by atomic mass is 16.5. The highest BCUT2D eigenvalue weighted by Gasteiger charge is 2.30. The summed E-state index contributed by atoms with van der Waals surface area (Å²) in [6.45, 7) is 2.81. The number of carbonyl (C=O) groups is 1. The summed E-state index contributed by atoms with van der Waals surface area (Å²) in [4.78, 5) is 11.9. The molecule has 0 amide bonds. The summed E-state index contributed by atoms with van der Waals surface area (Å²) >= 11 is 0. The molecule has 0 unspecified atom stereocenters. The van der Waals surface area contributed by atoms with Gasteiger partial charge in [0.1, 0.15) is 0 Å². The summed E-state index contributed by atoms with van der Waals surface area (Å²) < 4.78 is 7.53. The van der Waals surface area contributed by atoms with Gasteiger partial charge in [-0.15, -0.1) is 0 Å². The highest BCUT2D eigenvalue weighted by molar-refractivity contribution is 5.99. The largest absolute Gasteiger partial charge is 0.381 e. The van der Waals surface area contributed by atoms with Crippen LogP contribution in [-0.4, -0.2) is 23.6 Å². The van der Waals surface area contributed by atoms with Gasteiger partial charge in [0.05, 0.1) is 0 Å². The first-order chi connectivity index (χ1) is 8.33. The SMILES string of the molecule is O=C(c1ccn(CC2CCOCC2)c1)C1CC1. The zero-order valence-electron chi connectivity index (χ0n) is 10.1. The number of rotatable bonds is 4. The van der Waals surface area contributed by atoms with Crippen LogP contribution >= 0.6 is 0 Å². The number of hydrogen-bond donors (Lipinski definition) is 0. The lowest BCUT2D eigenvalue weighted by molar-refractivity contribution is 0.0613. The molecule has 1 saturated carbocycles. The molecule has 17 heavy (non-hydrogen) atoms. The van der Waals surface area contributed by atoms with Gasteiger partial charge in [-0.2, -0.15) is 0 Å². The lowest BCUT2D eigenvalue weighted by atomic mass is 10.0. The van der Waals surface area contributed by atoms with Gasteiger partial charge in [0, 0.05) is 43.6 Å². The minimum Gasteiger partial charge on any atom is -0.381 e. The van der Waals surface area contributed by atoms with Crippen LogP contribution in [0.15, 0.2) is 18.5 Å². The maximum absolute atomic E-state index is 11.9. The Balaban J connectivity index is 1.61. The fourth-order valence-electron chi connectivity index (χ4n) is 2.51. The van der Waals surface area contributed by atoms with Gasteiger partial charge < -0.3 is 9.30 Å². The number of aromatic nitrogens is 1. The van der Waals surface area contributed by atoms with Crippen LogP contribution in [0.25, 0.3) is 0 Å². The molecule has 92 valence electrons. The molecule has 3 nitrogen and oxygen atoms in total. The van der Waals surface area contributed by atoms with Crippen molar-refractivity contribution in [3.63, 3.8) is 0 Å². The second-order valence-electron chi connectivity index (χ2n) is 5.29. The summed E-state index contributed by atoms with van der Waals surface area (Å²) in [6.07, 6.45) is 8.53. The van der Waals surface area contributed by atoms with E-state index in [0.717, 1.165) is 51.0 Å². The Morgan fingerprint density at radius 2 is 2.06 bits per heavy atom. The van der Waals surface area contributed by atoms with Gasteiger partial charge in [0.2, 0.25) is 0 Å². The molecule has 1 aromatic rings. The zero-order chi connectivity index (χ0) is 11.7. The van der Waals surface area contributed by atoms with Crippen molar-refractivity contribution in [3.05, 3.63) is 24.0 Å². The van der Waals surface area contributed by atoms with Crippen molar-refractivity contribution in [1.29, 1.82) is 0 Å². The Kier molecular flexibility index (Phi) is 3.02. The maximum atomic E-state index is 11.9. The minimum absolute atomic E-state index is 0.328. The molecule has 1 aromatic heterocycles. The van der Waals surface area contributed by atoms with Crippen molar-refractivity contribution in [3.8, 4) is 0 Å². The second-order valence-corrected chi connectivity index (χ2v) is 5.29. The van der Waals surface area contributed by atoms with Gasteiger partial charge in [-0.05, 0) is 37.7 Å². The summed E-state index contributed by atoms with van der Waals surface area (Å²) in [5.74, 6) is 1.38. The Labute approximate surface area is 102 Å². The van der Waals surface area contributed by atoms with Crippen LogP contribution in [0.2, 0.25) is 0 Å². The van der Waals surface area contributed by atoms with E-state index in [4.69, 9.17) is 4.74 Å². The van der Waals surface area contributed by atoms with Crippen LogP contribution < -0.4 is 0 Å². The van der Waals surface area contributed by atoms with E-state index in [1.54, 1.807) is 0 Å². The van der Waals surface area contributed by atoms with E-state index >= 15 is 0 Å². The topological polar surface area (TPSA) is 31.2 Å². The zero-order valence-corrected chi connectivity index (χ0v) is 10.1. The maximum Gasteiger partial charge on any atom is 0.167 e. The van der Waals surface area contributed by atoms with E-state index in [1.165, 1.54) is 0 Å². The minimum atomic E-state index is 0.328. The molecule has 0 atom stereocenters. The Hall–Kier alpha value is -1.09. The number of hydrogen-bond acceptors (Lipinski definition) is 2. The molecular formula is C14H19NO2. The summed E-state index contributed by atoms with van der Waals surface area (Å²) in [7, 11) is 0. The molecule has 0 bridgehead atoms. The molecule has 1 aliphatic heterocycles. The Morgan fingerprint density at radius 3 is 2.76 bits per heavy atom. The van der Waals surface area contributed by atoms with E-state index in [-0.39, 0.29) is 0 Å². The monoisotopic (exact) mass is 233 g/mol. The van der Waals surface area contributed by atoms with Crippen molar-refractivity contribution < 1.29 is 9.53 Å². The molecule has 0 radical (unpaired) electrons. The number of Topliss-reactive ketones (excluding diaryl/α,β-unsaturated/α-hetero) is 1. The van der Waals surface area contributed by atoms with Crippen molar-refractivity contribution >= 4 is 5.78 Å². The van der Waals surface area contributed by atoms with Gasteiger partial charge in [0.25, 0.3) is 0 Å². The van der Waals surface area contributed by atoms with E-state index in [0.29, 0.717) is 17.6 Å². The molecule has 1 aliphatic carbocycles. The molecule has 3 heteroatoms. The molecule has 2 fully saturated rings. The van der Waals surface area contributed by atoms with Gasteiger partial charge in [0.15, 0.2) is 5.78 Å². The molecule has 0 spiro atoms. The standard InChI is InChI=1S/C14H19NO2/c16-14(12-1-2-12)13-3-6-15(10-13)9-11-4-7-17-8-5-11/h3,6,10-12H,1-2,4-5,7-9H2. The van der Waals surface area contributed by atoms with Crippen LogP contribution in [0.3, 0.4) is 0 Å². The predicted octanol–water partition coefficient (Wildman–Crippen LogP) is 2.51. The Bertz CT molecular complexity index is 400. The van der Waals surface area contributed by atoms with E-state index in [2.05, 4.69) is 4.57 Å². The average molecular weight is 233 g/mol. The molecular weight excluding hydrogens is 214 g/mol.